The number of nitrogens with one attached hydrogen (secondary N) is 1. The number of benzene rings is 1. The van der Waals surface area contributed by atoms with Gasteiger partial charge in [-0.2, -0.15) is 4.37 Å². The molecule has 0 aliphatic carbocycles. The van der Waals surface area contributed by atoms with Crippen molar-refractivity contribution >= 4 is 16.7 Å². The molecule has 0 saturated heterocycles. The van der Waals surface area contributed by atoms with Gasteiger partial charge in [0.25, 0.3) is 0 Å². The van der Waals surface area contributed by atoms with Crippen LogP contribution in [-0.4, -0.2) is 15.4 Å². The van der Waals surface area contributed by atoms with E-state index in [1.807, 2.05) is 6.92 Å². The van der Waals surface area contributed by atoms with Crippen molar-refractivity contribution in [2.75, 3.05) is 5.32 Å². The van der Waals surface area contributed by atoms with Crippen molar-refractivity contribution in [1.82, 2.24) is 9.36 Å². The van der Waals surface area contributed by atoms with Gasteiger partial charge in [-0.25, -0.2) is 4.98 Å². The number of rotatable bonds is 7. The van der Waals surface area contributed by atoms with Crippen LogP contribution >= 0.6 is 11.5 Å². The van der Waals surface area contributed by atoms with Gasteiger partial charge in [0.05, 0.1) is 0 Å². The maximum absolute atomic E-state index is 4.38. The zero-order valence-electron chi connectivity index (χ0n) is 11.6. The Morgan fingerprint density at radius 3 is 2.63 bits per heavy atom. The molecule has 4 heteroatoms. The van der Waals surface area contributed by atoms with Crippen LogP contribution in [0.3, 0.4) is 0 Å². The third-order valence-corrected chi connectivity index (χ3v) is 3.85. The lowest BCUT2D eigenvalue weighted by Crippen LogP contribution is -2.20. The molecule has 1 aromatic carbocycles. The van der Waals surface area contributed by atoms with Crippen LogP contribution in [0.4, 0.5) is 5.13 Å². The second-order valence-corrected chi connectivity index (χ2v) is 5.55. The Morgan fingerprint density at radius 2 is 2.00 bits per heavy atom. The maximum Gasteiger partial charge on any atom is 0.202 e. The van der Waals surface area contributed by atoms with E-state index >= 15 is 0 Å². The molecule has 3 nitrogen and oxygen atoms in total. The van der Waals surface area contributed by atoms with E-state index in [4.69, 9.17) is 0 Å². The molecule has 0 aliphatic rings. The fourth-order valence-corrected chi connectivity index (χ4v) is 2.80. The van der Waals surface area contributed by atoms with E-state index in [-0.39, 0.29) is 0 Å². The van der Waals surface area contributed by atoms with E-state index in [0.717, 1.165) is 23.8 Å². The predicted octanol–water partition coefficient (Wildman–Crippen LogP) is 4.06. The Morgan fingerprint density at radius 1 is 1.21 bits per heavy atom. The Kier molecular flexibility index (Phi) is 5.33. The molecule has 19 heavy (non-hydrogen) atoms. The van der Waals surface area contributed by atoms with E-state index in [1.165, 1.54) is 29.9 Å². The van der Waals surface area contributed by atoms with Crippen LogP contribution in [-0.2, 0) is 6.42 Å². The third-order valence-electron chi connectivity index (χ3n) is 3.12. The van der Waals surface area contributed by atoms with Crippen LogP contribution in [0.15, 0.2) is 30.3 Å². The summed E-state index contributed by atoms with van der Waals surface area (Å²) in [4.78, 5) is 4.38. The molecule has 1 atom stereocenters. The van der Waals surface area contributed by atoms with Crippen molar-refractivity contribution in [2.45, 2.75) is 45.6 Å². The molecule has 0 bridgehead atoms. The molecule has 0 radical (unpaired) electrons. The lowest BCUT2D eigenvalue weighted by atomic mass is 10.0. The van der Waals surface area contributed by atoms with Gasteiger partial charge in [-0.1, -0.05) is 43.7 Å². The first-order valence-electron chi connectivity index (χ1n) is 6.88. The minimum Gasteiger partial charge on any atom is -0.358 e. The summed E-state index contributed by atoms with van der Waals surface area (Å²) in [6.07, 6.45) is 4.60. The lowest BCUT2D eigenvalue weighted by Gasteiger charge is -2.17. The van der Waals surface area contributed by atoms with Gasteiger partial charge >= 0.3 is 0 Å². The quantitative estimate of drug-likeness (QED) is 0.828. The zero-order valence-corrected chi connectivity index (χ0v) is 12.4. The number of aromatic nitrogens is 2. The number of hydrogen-bond donors (Lipinski definition) is 1. The first-order chi connectivity index (χ1) is 9.28. The maximum atomic E-state index is 4.38. The molecule has 2 rings (SSSR count). The average molecular weight is 275 g/mol. The Balaban J connectivity index is 1.89. The highest BCUT2D eigenvalue weighted by Crippen LogP contribution is 2.17. The molecule has 0 aliphatic heterocycles. The fourth-order valence-electron chi connectivity index (χ4n) is 2.15. The van der Waals surface area contributed by atoms with Crippen molar-refractivity contribution in [3.05, 3.63) is 41.7 Å². The largest absolute Gasteiger partial charge is 0.358 e. The van der Waals surface area contributed by atoms with E-state index in [9.17, 15) is 0 Å². The second-order valence-electron chi connectivity index (χ2n) is 4.80. The highest BCUT2D eigenvalue weighted by atomic mass is 32.1. The zero-order chi connectivity index (χ0) is 13.5. The second kappa shape index (κ2) is 7.24. The molecular formula is C15H21N3S. The summed E-state index contributed by atoms with van der Waals surface area (Å²) in [6, 6.07) is 11.1. The summed E-state index contributed by atoms with van der Waals surface area (Å²) in [5, 5.41) is 4.46. The van der Waals surface area contributed by atoms with Crippen LogP contribution in [0.5, 0.6) is 0 Å². The van der Waals surface area contributed by atoms with Gasteiger partial charge in [-0.15, -0.1) is 0 Å². The van der Waals surface area contributed by atoms with Gasteiger partial charge in [-0.3, -0.25) is 0 Å². The van der Waals surface area contributed by atoms with Crippen LogP contribution in [0.25, 0.3) is 0 Å². The minimum atomic E-state index is 0.484. The molecule has 0 fully saturated rings. The molecule has 0 spiro atoms. The van der Waals surface area contributed by atoms with Crippen LogP contribution in [0.2, 0.25) is 0 Å². The monoisotopic (exact) mass is 275 g/mol. The highest BCUT2D eigenvalue weighted by molar-refractivity contribution is 7.09. The number of aryl methyl sites for hydroxylation is 2. The van der Waals surface area contributed by atoms with Crippen molar-refractivity contribution in [2.24, 2.45) is 0 Å². The third kappa shape index (κ3) is 4.63. The first-order valence-corrected chi connectivity index (χ1v) is 7.66. The summed E-state index contributed by atoms with van der Waals surface area (Å²) in [5.41, 5.74) is 1.40. The molecule has 0 saturated carbocycles. The van der Waals surface area contributed by atoms with Gasteiger partial charge < -0.3 is 5.32 Å². The highest BCUT2D eigenvalue weighted by Gasteiger charge is 2.10. The normalized spacial score (nSPS) is 12.3. The Labute approximate surface area is 119 Å². The molecular weight excluding hydrogens is 254 g/mol. The van der Waals surface area contributed by atoms with E-state index in [0.29, 0.717) is 6.04 Å². The minimum absolute atomic E-state index is 0.484. The fraction of sp³-hybridized carbons (Fsp3) is 0.467. The molecule has 2 aromatic rings. The van der Waals surface area contributed by atoms with Gasteiger partial charge in [0.1, 0.15) is 5.82 Å². The van der Waals surface area contributed by atoms with Crippen LogP contribution in [0, 0.1) is 6.92 Å². The molecule has 1 N–H and O–H groups in total. The van der Waals surface area contributed by atoms with Crippen molar-refractivity contribution < 1.29 is 0 Å². The smallest absolute Gasteiger partial charge is 0.202 e. The molecule has 102 valence electrons. The standard InChI is InChI=1S/C15H21N3S/c1-3-7-14(17-15-16-12(2)18-19-15)11-10-13-8-5-4-6-9-13/h4-6,8-9,14H,3,7,10-11H2,1-2H3,(H,16,17,18). The van der Waals surface area contributed by atoms with Crippen LogP contribution < -0.4 is 5.32 Å². The predicted molar refractivity (Wildman–Crippen MR) is 81.7 cm³/mol. The van der Waals surface area contributed by atoms with Crippen molar-refractivity contribution in [3.63, 3.8) is 0 Å². The van der Waals surface area contributed by atoms with E-state index < -0.39 is 0 Å². The van der Waals surface area contributed by atoms with E-state index in [2.05, 4.69) is 51.9 Å². The summed E-state index contributed by atoms with van der Waals surface area (Å²) in [6.45, 7) is 4.16. The van der Waals surface area contributed by atoms with Gasteiger partial charge in [0, 0.05) is 17.6 Å². The van der Waals surface area contributed by atoms with E-state index in [1.54, 1.807) is 0 Å². The summed E-state index contributed by atoms with van der Waals surface area (Å²) in [7, 11) is 0. The SMILES string of the molecule is CCCC(CCc1ccccc1)Nc1nc(C)ns1. The van der Waals surface area contributed by atoms with Crippen molar-refractivity contribution in [3.8, 4) is 0 Å². The first kappa shape index (κ1) is 14.0. The summed E-state index contributed by atoms with van der Waals surface area (Å²) in [5.74, 6) is 0.853. The van der Waals surface area contributed by atoms with Gasteiger partial charge in [0.15, 0.2) is 0 Å². The van der Waals surface area contributed by atoms with Gasteiger partial charge in [0.2, 0.25) is 5.13 Å². The molecule has 1 unspecified atom stereocenters. The van der Waals surface area contributed by atoms with Crippen molar-refractivity contribution in [1.29, 1.82) is 0 Å². The summed E-state index contributed by atoms with van der Waals surface area (Å²) >= 11 is 1.45. The molecule has 1 aromatic heterocycles. The molecule has 0 amide bonds. The average Bonchev–Trinajstić information content (AvgIpc) is 2.83. The Hall–Kier alpha value is -1.42. The summed E-state index contributed by atoms with van der Waals surface area (Å²) < 4.78 is 4.22. The number of anilines is 1. The Bertz CT molecular complexity index is 481. The number of hydrogen-bond acceptors (Lipinski definition) is 4. The van der Waals surface area contributed by atoms with Gasteiger partial charge in [-0.05, 0) is 31.7 Å². The lowest BCUT2D eigenvalue weighted by molar-refractivity contribution is 0.594. The number of nitrogens with zero attached hydrogens (tertiary/aromatic N) is 2. The van der Waals surface area contributed by atoms with Crippen LogP contribution in [0.1, 0.15) is 37.6 Å². The topological polar surface area (TPSA) is 37.8 Å². The molecule has 1 heterocycles.